The smallest absolute Gasteiger partial charge is 0.337 e. The molecule has 0 radical (unpaired) electrons. The molecule has 1 amide bonds. The molecule has 0 aliphatic carbocycles. The van der Waals surface area contributed by atoms with Crippen molar-refractivity contribution in [1.29, 1.82) is 0 Å². The summed E-state index contributed by atoms with van der Waals surface area (Å²) in [6.07, 6.45) is 1.53. The number of methoxy groups -OCH3 is 1. The van der Waals surface area contributed by atoms with Gasteiger partial charge in [-0.25, -0.2) is 4.79 Å². The number of benzene rings is 3. The number of fused-ring (bicyclic) bond motifs is 1. The van der Waals surface area contributed by atoms with E-state index in [1.165, 1.54) is 24.8 Å². The fourth-order valence-electron chi connectivity index (χ4n) is 3.65. The third-order valence-electron chi connectivity index (χ3n) is 5.31. The summed E-state index contributed by atoms with van der Waals surface area (Å²) in [7, 11) is 1.30. The fraction of sp³-hybridized carbons (Fsp3) is 0.115. The van der Waals surface area contributed by atoms with Gasteiger partial charge in [-0.3, -0.25) is 14.2 Å². The monoisotopic (exact) mass is 441 g/mol. The Morgan fingerprint density at radius 2 is 1.64 bits per heavy atom. The zero-order chi connectivity index (χ0) is 23.4. The van der Waals surface area contributed by atoms with E-state index in [4.69, 9.17) is 4.74 Å². The number of amides is 1. The highest BCUT2D eigenvalue weighted by Crippen LogP contribution is 2.27. The molecule has 0 atom stereocenters. The molecule has 7 nitrogen and oxygen atoms in total. The lowest BCUT2D eigenvalue weighted by molar-refractivity contribution is 0.0600. The number of aromatic nitrogens is 1. The molecule has 0 fully saturated rings. The number of nitrogens with zero attached hydrogens (tertiary/aromatic N) is 1. The van der Waals surface area contributed by atoms with E-state index in [0.29, 0.717) is 39.9 Å². The third kappa shape index (κ3) is 4.62. The van der Waals surface area contributed by atoms with Crippen LogP contribution in [0.4, 0.5) is 11.4 Å². The summed E-state index contributed by atoms with van der Waals surface area (Å²) in [5.74, 6) is -1.09. The van der Waals surface area contributed by atoms with Gasteiger partial charge in [0.05, 0.1) is 35.1 Å². The van der Waals surface area contributed by atoms with Gasteiger partial charge in [0, 0.05) is 25.1 Å². The topological polar surface area (TPSA) is 89.4 Å². The second-order valence-corrected chi connectivity index (χ2v) is 7.49. The van der Waals surface area contributed by atoms with Crippen LogP contribution in [0, 0.1) is 0 Å². The molecule has 0 saturated heterocycles. The van der Waals surface area contributed by atoms with E-state index in [1.807, 2.05) is 42.5 Å². The molecule has 4 aromatic rings. The van der Waals surface area contributed by atoms with E-state index in [9.17, 15) is 14.4 Å². The highest BCUT2D eigenvalue weighted by molar-refractivity contribution is 6.15. The summed E-state index contributed by atoms with van der Waals surface area (Å²) in [5.41, 5.74) is 3.47. The third-order valence-corrected chi connectivity index (χ3v) is 5.31. The van der Waals surface area contributed by atoms with E-state index in [2.05, 4.69) is 10.6 Å². The first kappa shape index (κ1) is 21.8. The minimum absolute atomic E-state index is 0.192. The number of nitrogens with one attached hydrogen (secondary N) is 2. The number of carbonyl (C=O) groups excluding carboxylic acids is 3. The molecule has 0 saturated carbocycles. The van der Waals surface area contributed by atoms with Crippen molar-refractivity contribution >= 4 is 40.1 Å². The van der Waals surface area contributed by atoms with Crippen molar-refractivity contribution in [3.8, 4) is 0 Å². The predicted octanol–water partition coefficient (Wildman–Crippen LogP) is 4.95. The average molecular weight is 441 g/mol. The van der Waals surface area contributed by atoms with E-state index in [0.717, 1.165) is 5.56 Å². The Bertz CT molecular complexity index is 1340. The molecule has 166 valence electrons. The molecule has 0 aliphatic rings. The number of rotatable bonds is 6. The van der Waals surface area contributed by atoms with Crippen molar-refractivity contribution in [2.75, 3.05) is 17.7 Å². The molecule has 0 spiro atoms. The lowest BCUT2D eigenvalue weighted by Gasteiger charge is -2.14. The van der Waals surface area contributed by atoms with Gasteiger partial charge in [0.25, 0.3) is 5.91 Å². The zero-order valence-corrected chi connectivity index (χ0v) is 18.3. The number of ether oxygens (including phenoxy) is 1. The Morgan fingerprint density at radius 1 is 0.909 bits per heavy atom. The van der Waals surface area contributed by atoms with Crippen molar-refractivity contribution in [1.82, 2.24) is 4.57 Å². The first-order valence-electron chi connectivity index (χ1n) is 10.4. The van der Waals surface area contributed by atoms with Crippen LogP contribution in [0.1, 0.15) is 38.0 Å². The average Bonchev–Trinajstić information content (AvgIpc) is 3.23. The summed E-state index contributed by atoms with van der Waals surface area (Å²) in [4.78, 5) is 37.4. The van der Waals surface area contributed by atoms with Crippen molar-refractivity contribution < 1.29 is 19.1 Å². The highest BCUT2D eigenvalue weighted by atomic mass is 16.5. The van der Waals surface area contributed by atoms with Crippen LogP contribution in [-0.2, 0) is 11.3 Å². The normalized spacial score (nSPS) is 10.6. The Kier molecular flexibility index (Phi) is 6.22. The molecule has 0 bridgehead atoms. The van der Waals surface area contributed by atoms with Gasteiger partial charge in [-0.2, -0.15) is 0 Å². The molecular weight excluding hydrogens is 418 g/mol. The maximum atomic E-state index is 13.3. The van der Waals surface area contributed by atoms with Crippen LogP contribution in [-0.4, -0.2) is 29.5 Å². The first-order valence-corrected chi connectivity index (χ1v) is 10.4. The first-order chi connectivity index (χ1) is 16.0. The van der Waals surface area contributed by atoms with Gasteiger partial charge < -0.3 is 15.4 Å². The fourth-order valence-corrected chi connectivity index (χ4v) is 3.65. The molecule has 1 aromatic heterocycles. The number of hydrogen-bond acceptors (Lipinski definition) is 5. The second-order valence-electron chi connectivity index (χ2n) is 7.49. The maximum absolute atomic E-state index is 13.3. The van der Waals surface area contributed by atoms with Crippen molar-refractivity contribution in [2.24, 2.45) is 0 Å². The van der Waals surface area contributed by atoms with Crippen LogP contribution < -0.4 is 10.6 Å². The summed E-state index contributed by atoms with van der Waals surface area (Å²) in [6.45, 7) is 1.98. The van der Waals surface area contributed by atoms with Gasteiger partial charge in [-0.05, 0) is 29.8 Å². The van der Waals surface area contributed by atoms with Crippen molar-refractivity contribution in [3.05, 3.63) is 95.7 Å². The van der Waals surface area contributed by atoms with Gasteiger partial charge in [0.2, 0.25) is 5.91 Å². The van der Waals surface area contributed by atoms with Crippen LogP contribution in [0.2, 0.25) is 0 Å². The van der Waals surface area contributed by atoms with Crippen LogP contribution >= 0.6 is 0 Å². The summed E-state index contributed by atoms with van der Waals surface area (Å²) in [5, 5.41) is 6.86. The minimum atomic E-state index is -0.506. The largest absolute Gasteiger partial charge is 0.465 e. The summed E-state index contributed by atoms with van der Waals surface area (Å²) in [6, 6.07) is 22.0. The van der Waals surface area contributed by atoms with E-state index < -0.39 is 11.9 Å². The lowest BCUT2D eigenvalue weighted by Crippen LogP contribution is -2.15. The zero-order valence-electron chi connectivity index (χ0n) is 18.3. The second kappa shape index (κ2) is 9.40. The van der Waals surface area contributed by atoms with Gasteiger partial charge in [-0.15, -0.1) is 0 Å². The molecular formula is C26H23N3O4. The van der Waals surface area contributed by atoms with Gasteiger partial charge in [-0.1, -0.05) is 48.5 Å². The molecule has 7 heteroatoms. The predicted molar refractivity (Wildman–Crippen MR) is 128 cm³/mol. The number of hydrogen-bond donors (Lipinski definition) is 2. The number of carbonyl (C=O) groups is 3. The van der Waals surface area contributed by atoms with E-state index in [1.54, 1.807) is 30.3 Å². The standard InChI is InChI=1S/C26H23N3O4/c1-17(30)29-16-21(20-10-6-7-11-24(20)29)25(31)28-23-14-19(26(32)33-2)12-13-22(23)27-15-18-8-4-3-5-9-18/h3-14,16,27H,15H2,1-2H3,(H,28,31). The highest BCUT2D eigenvalue weighted by Gasteiger charge is 2.19. The molecule has 2 N–H and O–H groups in total. The van der Waals surface area contributed by atoms with Crippen LogP contribution in [0.3, 0.4) is 0 Å². The Hall–Kier alpha value is -4.39. The van der Waals surface area contributed by atoms with E-state index in [-0.39, 0.29) is 5.91 Å². The molecule has 33 heavy (non-hydrogen) atoms. The van der Waals surface area contributed by atoms with Crippen molar-refractivity contribution in [2.45, 2.75) is 13.5 Å². The summed E-state index contributed by atoms with van der Waals surface area (Å²) < 4.78 is 6.27. The van der Waals surface area contributed by atoms with Crippen LogP contribution in [0.5, 0.6) is 0 Å². The van der Waals surface area contributed by atoms with Gasteiger partial charge in [0.1, 0.15) is 0 Å². The molecule has 3 aromatic carbocycles. The Labute approximate surface area is 191 Å². The lowest BCUT2D eigenvalue weighted by atomic mass is 10.1. The number of anilines is 2. The quantitative estimate of drug-likeness (QED) is 0.413. The molecule has 0 unspecified atom stereocenters. The van der Waals surface area contributed by atoms with Gasteiger partial charge >= 0.3 is 5.97 Å². The summed E-state index contributed by atoms with van der Waals surface area (Å²) >= 11 is 0. The van der Waals surface area contributed by atoms with Crippen LogP contribution in [0.25, 0.3) is 10.9 Å². The molecule has 4 rings (SSSR count). The molecule has 1 heterocycles. The molecule has 0 aliphatic heterocycles. The Morgan fingerprint density at radius 3 is 2.36 bits per heavy atom. The van der Waals surface area contributed by atoms with Crippen molar-refractivity contribution in [3.63, 3.8) is 0 Å². The Balaban J connectivity index is 1.68. The minimum Gasteiger partial charge on any atom is -0.465 e. The number of para-hydroxylation sites is 1. The SMILES string of the molecule is COC(=O)c1ccc(NCc2ccccc2)c(NC(=O)c2cn(C(C)=O)c3ccccc23)c1. The number of esters is 1. The maximum Gasteiger partial charge on any atom is 0.337 e. The van der Waals surface area contributed by atoms with E-state index >= 15 is 0 Å². The van der Waals surface area contributed by atoms with Crippen LogP contribution in [0.15, 0.2) is 79.0 Å². The van der Waals surface area contributed by atoms with Gasteiger partial charge in [0.15, 0.2) is 0 Å².